The van der Waals surface area contributed by atoms with E-state index in [9.17, 15) is 0 Å². The normalized spacial score (nSPS) is 19.9. The Kier molecular flexibility index (Phi) is 18.7. The van der Waals surface area contributed by atoms with Crippen LogP contribution in [0.5, 0.6) is 0 Å². The second-order valence-corrected chi connectivity index (χ2v) is 33.0. The molecule has 12 heteroatoms. The monoisotopic (exact) mass is 1430 g/mol. The van der Waals surface area contributed by atoms with Gasteiger partial charge in [-0.25, -0.2) is 0 Å². The summed E-state index contributed by atoms with van der Waals surface area (Å²) in [6, 6.07) is 44.4. The minimum absolute atomic E-state index is 0.0645. The third-order valence-corrected chi connectivity index (χ3v) is 25.9. The Bertz CT molecular complexity index is 5040. The van der Waals surface area contributed by atoms with Crippen molar-refractivity contribution in [2.45, 2.75) is 271 Å². The van der Waals surface area contributed by atoms with Gasteiger partial charge in [-0.1, -0.05) is 155 Å². The maximum Gasteiger partial charge on any atom is 0.0723 e. The van der Waals surface area contributed by atoms with Gasteiger partial charge in [0, 0.05) is 174 Å². The fourth-order valence-corrected chi connectivity index (χ4v) is 20.4. The number of nitrogens with zero attached hydrogens (tertiary/aromatic N) is 12. The number of rotatable bonds is 18. The number of unbranched alkanes of at least 4 members (excludes halogenated alkanes) is 6. The van der Waals surface area contributed by atoms with Crippen LogP contribution in [-0.4, -0.2) is 101 Å². The zero-order chi connectivity index (χ0) is 72.7. The molecule has 108 heavy (non-hydrogen) atoms. The molecule has 552 valence electrons. The van der Waals surface area contributed by atoms with Crippen LogP contribution in [0.3, 0.4) is 0 Å². The van der Waals surface area contributed by atoms with Gasteiger partial charge in [0.25, 0.3) is 0 Å². The van der Waals surface area contributed by atoms with E-state index in [-0.39, 0.29) is 36.3 Å². The first kappa shape index (κ1) is 69.1. The van der Waals surface area contributed by atoms with Crippen molar-refractivity contribution in [3.8, 4) is 0 Å². The average Bonchev–Trinajstić information content (AvgIpc) is 1.52. The van der Waals surface area contributed by atoms with Gasteiger partial charge in [-0.2, -0.15) is 0 Å². The standard InChI is InChI=1S/C96H108N12/c1-7-13-43-103-79-37-31-61-49-67(79)85-91(103)86-68-50-62-32-38-80(68)104(44-14-8-2)93(86)87-69-51-63(33-39-81(69)105(92(85)87)45-15-9-3)57-99-77-29-23-24-30-78(77)102-60-66-36-42-84-72(54-66)90-95-88(70-52-64(34-40-82(70)106(95)46-16-10-4)58-100-74-26-20-19-25-73(74)97-55-61)94-89(96(90)108(84)48-18-12-6)71-53-65(35-41-83(71)107(94)47-17-11-5)59-101-76-28-22-21-27-75(76)98-56-62/h31-42,49-60,73-78H,7-30,43-48H2,1-6H3/t73-,74-,75-,76-,77-,78-/m0/s1. The van der Waals surface area contributed by atoms with Crippen molar-refractivity contribution < 1.29 is 0 Å². The van der Waals surface area contributed by atoms with Gasteiger partial charge >= 0.3 is 0 Å². The first-order valence-electron chi connectivity index (χ1n) is 42.5. The van der Waals surface area contributed by atoms with Crippen molar-refractivity contribution in [1.82, 2.24) is 27.4 Å². The van der Waals surface area contributed by atoms with Gasteiger partial charge in [0.2, 0.25) is 0 Å². The van der Waals surface area contributed by atoms with E-state index >= 15 is 0 Å². The zero-order valence-electron chi connectivity index (χ0n) is 64.9. The van der Waals surface area contributed by atoms with Crippen LogP contribution in [0.15, 0.2) is 139 Å². The molecular weight excluding hydrogens is 1320 g/mol. The highest BCUT2D eigenvalue weighted by molar-refractivity contribution is 6.41. The predicted octanol–water partition coefficient (Wildman–Crippen LogP) is 24.3. The van der Waals surface area contributed by atoms with Crippen LogP contribution in [0.1, 0.15) is 229 Å². The highest BCUT2D eigenvalue weighted by Crippen LogP contribution is 2.52. The van der Waals surface area contributed by atoms with Crippen LogP contribution < -0.4 is 0 Å². The Morgan fingerprint density at radius 2 is 0.389 bits per heavy atom. The number of aliphatic imine (C=N–C) groups is 6. The molecule has 6 aromatic heterocycles. The van der Waals surface area contributed by atoms with Crippen LogP contribution in [0.4, 0.5) is 0 Å². The van der Waals surface area contributed by atoms with E-state index in [1.54, 1.807) is 0 Å². The summed E-state index contributed by atoms with van der Waals surface area (Å²) in [5.74, 6) is 0. The highest BCUT2D eigenvalue weighted by Gasteiger charge is 2.33. The van der Waals surface area contributed by atoms with Crippen LogP contribution in [0, 0.1) is 0 Å². The largest absolute Gasteiger partial charge is 0.340 e. The molecule has 0 N–H and O–H groups in total. The highest BCUT2D eigenvalue weighted by atomic mass is 15.1. The third-order valence-electron chi connectivity index (χ3n) is 25.9. The number of aromatic nitrogens is 6. The van der Waals surface area contributed by atoms with Crippen LogP contribution in [0.2, 0.25) is 0 Å². The number of hydrogen-bond acceptors (Lipinski definition) is 6. The molecule has 12 nitrogen and oxygen atoms in total. The fraction of sp³-hybridized carbons (Fsp3) is 0.438. The van der Waals surface area contributed by atoms with Gasteiger partial charge in [0.05, 0.1) is 69.4 Å². The quantitative estimate of drug-likeness (QED) is 0.0817. The lowest BCUT2D eigenvalue weighted by Gasteiger charge is -2.25. The molecule has 3 fully saturated rings. The second-order valence-electron chi connectivity index (χ2n) is 33.0. The molecule has 14 aromatic rings. The molecule has 20 rings (SSSR count). The molecule has 6 atom stereocenters. The smallest absolute Gasteiger partial charge is 0.0723 e. The summed E-state index contributed by atoms with van der Waals surface area (Å²) in [6.07, 6.45) is 39.5. The summed E-state index contributed by atoms with van der Waals surface area (Å²) in [4.78, 5) is 34.2. The number of aryl methyl sites for hydroxylation is 6. The Balaban J connectivity index is 0.956. The summed E-state index contributed by atoms with van der Waals surface area (Å²) in [6.45, 7) is 19.7. The van der Waals surface area contributed by atoms with Crippen molar-refractivity contribution >= 4 is 168 Å². The summed E-state index contributed by atoms with van der Waals surface area (Å²) in [5.41, 5.74) is 22.8. The van der Waals surface area contributed by atoms with Crippen molar-refractivity contribution in [1.29, 1.82) is 0 Å². The molecule has 3 saturated carbocycles. The van der Waals surface area contributed by atoms with Crippen molar-refractivity contribution in [2.24, 2.45) is 30.0 Å². The maximum absolute atomic E-state index is 5.70. The Hall–Kier alpha value is -9.42. The molecule has 6 aliphatic rings. The SMILES string of the molecule is CCCCn1c2ccc3cc2c2c1c1c4cc5ccc4n(CCCC)c1c1c4cc(ccc4n(CCCC)c21)C=N[C@H]1CCCC[C@@H]1N=Cc1ccc2c(c1)c1c4c(c6cc(ccc6n4CCCC)C=N[C@H]4CCCC[C@@H]4N=C3)c3c(c4cc(ccc4n3CCCC)C=N[C@H]3CCCC[C@@H]3N=C5)c1n2CCCC. The minimum Gasteiger partial charge on any atom is -0.340 e. The molecule has 0 amide bonds. The lowest BCUT2D eigenvalue weighted by atomic mass is 9.91. The van der Waals surface area contributed by atoms with Gasteiger partial charge in [-0.15, -0.1) is 0 Å². The van der Waals surface area contributed by atoms with Crippen LogP contribution in [0.25, 0.3) is 131 Å². The zero-order valence-corrected chi connectivity index (χ0v) is 64.9. The summed E-state index contributed by atoms with van der Waals surface area (Å²) in [7, 11) is 0. The van der Waals surface area contributed by atoms with E-state index in [0.717, 1.165) is 227 Å². The van der Waals surface area contributed by atoms with Gasteiger partial charge < -0.3 is 27.4 Å². The molecule has 3 aliphatic carbocycles. The van der Waals surface area contributed by atoms with Gasteiger partial charge in [-0.05, 0) is 183 Å². The molecule has 0 radical (unpaired) electrons. The lowest BCUT2D eigenvalue weighted by molar-refractivity contribution is 0.390. The average molecular weight is 1430 g/mol. The molecule has 0 unspecified atom stereocenters. The van der Waals surface area contributed by atoms with E-state index in [4.69, 9.17) is 30.0 Å². The summed E-state index contributed by atoms with van der Waals surface area (Å²) in [5, 5.41) is 16.0. The van der Waals surface area contributed by atoms with E-state index in [2.05, 4.69) is 215 Å². The lowest BCUT2D eigenvalue weighted by Crippen LogP contribution is -2.27. The van der Waals surface area contributed by atoms with E-state index < -0.39 is 0 Å². The van der Waals surface area contributed by atoms with Crippen molar-refractivity contribution in [2.75, 3.05) is 0 Å². The molecule has 3 aliphatic heterocycles. The van der Waals surface area contributed by atoms with Crippen LogP contribution in [-0.2, 0) is 39.3 Å². The minimum atomic E-state index is 0.0645. The topological polar surface area (TPSA) is 104 Å². The van der Waals surface area contributed by atoms with Crippen molar-refractivity contribution in [3.05, 3.63) is 143 Å². The Labute approximate surface area is 635 Å². The molecule has 24 bridgehead atoms. The molecule has 0 spiro atoms. The van der Waals surface area contributed by atoms with Gasteiger partial charge in [-0.3, -0.25) is 30.0 Å². The van der Waals surface area contributed by atoms with Gasteiger partial charge in [0.1, 0.15) is 0 Å². The predicted molar refractivity (Wildman–Crippen MR) is 464 cm³/mol. The first-order chi connectivity index (χ1) is 53.3. The van der Waals surface area contributed by atoms with E-state index in [1.807, 2.05) is 0 Å². The van der Waals surface area contributed by atoms with Crippen molar-refractivity contribution in [3.63, 3.8) is 0 Å². The Morgan fingerprint density at radius 1 is 0.231 bits per heavy atom. The second kappa shape index (κ2) is 29.2. The fourth-order valence-electron chi connectivity index (χ4n) is 20.4. The van der Waals surface area contributed by atoms with E-state index in [0.29, 0.717) is 0 Å². The number of benzene rings is 8. The summed E-state index contributed by atoms with van der Waals surface area (Å²) < 4.78 is 16.5. The maximum atomic E-state index is 5.70. The summed E-state index contributed by atoms with van der Waals surface area (Å²) >= 11 is 0. The molecule has 9 heterocycles. The number of hydrogen-bond donors (Lipinski definition) is 0. The molecular formula is C96H108N12. The van der Waals surface area contributed by atoms with Crippen LogP contribution >= 0.6 is 0 Å². The molecule has 8 aromatic carbocycles. The van der Waals surface area contributed by atoms with E-state index in [1.165, 1.54) is 131 Å². The first-order valence-corrected chi connectivity index (χ1v) is 42.5. The van der Waals surface area contributed by atoms with Gasteiger partial charge in [0.15, 0.2) is 0 Å². The molecule has 0 saturated heterocycles. The third kappa shape index (κ3) is 11.6. The Morgan fingerprint density at radius 3 is 0.537 bits per heavy atom.